The van der Waals surface area contributed by atoms with Crippen LogP contribution < -0.4 is 4.74 Å². The molecule has 0 bridgehead atoms. The minimum absolute atomic E-state index is 0.664. The molecular weight excluding hydrogens is 164 g/mol. The van der Waals surface area contributed by atoms with E-state index in [1.54, 1.807) is 25.3 Å². The summed E-state index contributed by atoms with van der Waals surface area (Å²) in [5.41, 5.74) is 1.65. The Hall–Kier alpha value is -1.57. The fourth-order valence-corrected chi connectivity index (χ4v) is 1.19. The molecule has 1 rings (SSSR count). The van der Waals surface area contributed by atoms with Gasteiger partial charge < -0.3 is 4.74 Å². The van der Waals surface area contributed by atoms with E-state index in [0.29, 0.717) is 12.0 Å². The van der Waals surface area contributed by atoms with Crippen molar-refractivity contribution in [3.05, 3.63) is 42.0 Å². The highest BCUT2D eigenvalue weighted by molar-refractivity contribution is 5.75. The molecule has 2 nitrogen and oxygen atoms in total. The highest BCUT2D eigenvalue weighted by atomic mass is 16.5. The molecule has 0 spiro atoms. The first kappa shape index (κ1) is 9.52. The highest BCUT2D eigenvalue weighted by Crippen LogP contribution is 2.19. The summed E-state index contributed by atoms with van der Waals surface area (Å²) in [6.07, 6.45) is 3.32. The van der Waals surface area contributed by atoms with Gasteiger partial charge in [0.15, 0.2) is 0 Å². The van der Waals surface area contributed by atoms with Crippen molar-refractivity contribution >= 4 is 6.29 Å². The Bertz CT molecular complexity index is 316. The number of ether oxygens (including phenoxy) is 1. The predicted octanol–water partition coefficient (Wildman–Crippen LogP) is 2.24. The molecule has 0 saturated heterocycles. The van der Waals surface area contributed by atoms with Crippen molar-refractivity contribution in [1.29, 1.82) is 0 Å². The fourth-order valence-electron chi connectivity index (χ4n) is 1.19. The summed E-state index contributed by atoms with van der Waals surface area (Å²) in [6.45, 7) is 3.64. The van der Waals surface area contributed by atoms with Crippen LogP contribution in [0.5, 0.6) is 5.75 Å². The molecule has 0 atom stereocenters. The van der Waals surface area contributed by atoms with Gasteiger partial charge >= 0.3 is 0 Å². The van der Waals surface area contributed by atoms with Crippen LogP contribution in [0.4, 0.5) is 0 Å². The summed E-state index contributed by atoms with van der Waals surface area (Å²) >= 11 is 0. The largest absolute Gasteiger partial charge is 0.496 e. The predicted molar refractivity (Wildman–Crippen MR) is 52.3 cm³/mol. The Morgan fingerprint density at radius 3 is 2.85 bits per heavy atom. The van der Waals surface area contributed by atoms with Gasteiger partial charge in [-0.3, -0.25) is 4.79 Å². The average Bonchev–Trinajstić information content (AvgIpc) is 2.18. The molecular formula is C11H12O2. The number of aldehydes is 1. The lowest BCUT2D eigenvalue weighted by atomic mass is 10.1. The van der Waals surface area contributed by atoms with Crippen molar-refractivity contribution in [2.45, 2.75) is 6.42 Å². The molecule has 68 valence electrons. The van der Waals surface area contributed by atoms with E-state index >= 15 is 0 Å². The second kappa shape index (κ2) is 4.45. The molecule has 0 radical (unpaired) electrons. The average molecular weight is 176 g/mol. The first-order valence-corrected chi connectivity index (χ1v) is 4.04. The number of hydrogen-bond acceptors (Lipinski definition) is 2. The van der Waals surface area contributed by atoms with E-state index in [1.807, 2.05) is 6.07 Å². The summed E-state index contributed by atoms with van der Waals surface area (Å²) in [7, 11) is 1.61. The van der Waals surface area contributed by atoms with Crippen LogP contribution in [0.15, 0.2) is 30.9 Å². The van der Waals surface area contributed by atoms with Crippen LogP contribution in [-0.2, 0) is 6.42 Å². The molecule has 1 aromatic carbocycles. The van der Waals surface area contributed by atoms with E-state index in [4.69, 9.17) is 4.74 Å². The van der Waals surface area contributed by atoms with Gasteiger partial charge in [0.25, 0.3) is 0 Å². The number of carbonyl (C=O) groups is 1. The highest BCUT2D eigenvalue weighted by Gasteiger charge is 2.01. The minimum Gasteiger partial charge on any atom is -0.496 e. The lowest BCUT2D eigenvalue weighted by Gasteiger charge is -2.06. The first-order valence-electron chi connectivity index (χ1n) is 4.04. The van der Waals surface area contributed by atoms with Crippen molar-refractivity contribution < 1.29 is 9.53 Å². The molecule has 0 fully saturated rings. The maximum Gasteiger partial charge on any atom is 0.150 e. The second-order valence-electron chi connectivity index (χ2n) is 2.68. The van der Waals surface area contributed by atoms with Gasteiger partial charge in [0.05, 0.1) is 7.11 Å². The summed E-state index contributed by atoms with van der Waals surface area (Å²) in [4.78, 5) is 10.5. The lowest BCUT2D eigenvalue weighted by Crippen LogP contribution is -1.92. The van der Waals surface area contributed by atoms with E-state index in [0.717, 1.165) is 17.6 Å². The summed E-state index contributed by atoms with van der Waals surface area (Å²) in [6, 6.07) is 5.34. The molecule has 0 aliphatic carbocycles. The number of benzene rings is 1. The molecule has 0 aromatic heterocycles. The van der Waals surface area contributed by atoms with Crippen LogP contribution in [0, 0.1) is 0 Å². The van der Waals surface area contributed by atoms with Gasteiger partial charge in [-0.05, 0) is 30.2 Å². The maximum absolute atomic E-state index is 10.5. The molecule has 0 heterocycles. The lowest BCUT2D eigenvalue weighted by molar-refractivity contribution is 0.112. The second-order valence-corrected chi connectivity index (χ2v) is 2.68. The van der Waals surface area contributed by atoms with Crippen molar-refractivity contribution in [2.24, 2.45) is 0 Å². The van der Waals surface area contributed by atoms with E-state index < -0.39 is 0 Å². The quantitative estimate of drug-likeness (QED) is 0.519. The zero-order valence-electron chi connectivity index (χ0n) is 7.62. The summed E-state index contributed by atoms with van der Waals surface area (Å²) < 4.78 is 5.13. The third kappa shape index (κ3) is 2.18. The van der Waals surface area contributed by atoms with E-state index in [9.17, 15) is 4.79 Å². The van der Waals surface area contributed by atoms with Gasteiger partial charge in [0.2, 0.25) is 0 Å². The van der Waals surface area contributed by atoms with Crippen LogP contribution in [0.2, 0.25) is 0 Å². The molecule has 1 aromatic rings. The number of hydrogen-bond donors (Lipinski definition) is 0. The Morgan fingerprint density at radius 1 is 1.54 bits per heavy atom. The number of methoxy groups -OCH3 is 1. The molecule has 0 aliphatic heterocycles. The Morgan fingerprint density at radius 2 is 2.31 bits per heavy atom. The smallest absolute Gasteiger partial charge is 0.150 e. The minimum atomic E-state index is 0.664. The maximum atomic E-state index is 10.5. The first-order chi connectivity index (χ1) is 6.31. The number of rotatable bonds is 4. The van der Waals surface area contributed by atoms with Gasteiger partial charge in [-0.15, -0.1) is 6.58 Å². The van der Waals surface area contributed by atoms with Gasteiger partial charge in [0.1, 0.15) is 12.0 Å². The van der Waals surface area contributed by atoms with Crippen molar-refractivity contribution in [3.63, 3.8) is 0 Å². The van der Waals surface area contributed by atoms with Gasteiger partial charge in [-0.2, -0.15) is 0 Å². The van der Waals surface area contributed by atoms with Gasteiger partial charge in [-0.1, -0.05) is 6.08 Å². The van der Waals surface area contributed by atoms with Crippen LogP contribution in [-0.4, -0.2) is 13.4 Å². The zero-order valence-corrected chi connectivity index (χ0v) is 7.62. The van der Waals surface area contributed by atoms with E-state index in [-0.39, 0.29) is 0 Å². The van der Waals surface area contributed by atoms with Gasteiger partial charge in [-0.25, -0.2) is 0 Å². The molecule has 0 N–H and O–H groups in total. The van der Waals surface area contributed by atoms with Crippen LogP contribution >= 0.6 is 0 Å². The van der Waals surface area contributed by atoms with E-state index in [2.05, 4.69) is 6.58 Å². The molecule has 0 unspecified atom stereocenters. The summed E-state index contributed by atoms with van der Waals surface area (Å²) in [5, 5.41) is 0. The summed E-state index contributed by atoms with van der Waals surface area (Å²) in [5.74, 6) is 0.797. The van der Waals surface area contributed by atoms with Crippen LogP contribution in [0.3, 0.4) is 0 Å². The molecule has 0 saturated carbocycles. The van der Waals surface area contributed by atoms with Crippen molar-refractivity contribution in [2.75, 3.05) is 7.11 Å². The van der Waals surface area contributed by atoms with Crippen molar-refractivity contribution in [1.82, 2.24) is 0 Å². The van der Waals surface area contributed by atoms with Crippen LogP contribution in [0.25, 0.3) is 0 Å². The molecule has 13 heavy (non-hydrogen) atoms. The molecule has 0 amide bonds. The number of carbonyl (C=O) groups excluding carboxylic acids is 1. The fraction of sp³-hybridized carbons (Fsp3) is 0.182. The third-order valence-corrected chi connectivity index (χ3v) is 1.80. The normalized spacial score (nSPS) is 9.31. The monoisotopic (exact) mass is 176 g/mol. The Balaban J connectivity index is 3.08. The van der Waals surface area contributed by atoms with Crippen molar-refractivity contribution in [3.8, 4) is 5.75 Å². The zero-order chi connectivity index (χ0) is 9.68. The van der Waals surface area contributed by atoms with Crippen LogP contribution in [0.1, 0.15) is 15.9 Å². The number of allylic oxidation sites excluding steroid dienone is 1. The SMILES string of the molecule is C=CCc1cc(C=O)ccc1OC. The van der Waals surface area contributed by atoms with E-state index in [1.165, 1.54) is 0 Å². The van der Waals surface area contributed by atoms with Gasteiger partial charge in [0, 0.05) is 5.56 Å². The Labute approximate surface area is 77.8 Å². The topological polar surface area (TPSA) is 26.3 Å². The standard InChI is InChI=1S/C11H12O2/c1-3-4-10-7-9(8-12)5-6-11(10)13-2/h3,5-8H,1,4H2,2H3. The molecule has 2 heteroatoms. The Kier molecular flexibility index (Phi) is 3.26. The third-order valence-electron chi connectivity index (χ3n) is 1.80. The molecule has 0 aliphatic rings.